The number of carbonyl (C=O) groups excluding carboxylic acids is 1. The summed E-state index contributed by atoms with van der Waals surface area (Å²) >= 11 is 0. The molecule has 6 nitrogen and oxygen atoms in total. The Morgan fingerprint density at radius 2 is 1.50 bits per heavy atom. The molecule has 0 fully saturated rings. The van der Waals surface area contributed by atoms with Gasteiger partial charge in [0, 0.05) is 20.2 Å². The Kier molecular flexibility index (Phi) is 4.44. The van der Waals surface area contributed by atoms with Crippen LogP contribution in [0.2, 0.25) is 0 Å². The number of amides is 1. The van der Waals surface area contributed by atoms with Crippen LogP contribution in [0, 0.1) is 5.92 Å². The van der Waals surface area contributed by atoms with Crippen molar-refractivity contribution in [2.45, 2.75) is 12.4 Å². The molecular formula is C10H9F6N3O3. The first-order valence-corrected chi connectivity index (χ1v) is 5.48. The lowest BCUT2D eigenvalue weighted by atomic mass is 10.1. The topological polar surface area (TPSA) is 73.1 Å². The highest BCUT2D eigenvalue weighted by atomic mass is 19.4. The zero-order valence-corrected chi connectivity index (χ0v) is 11.0. The zero-order valence-electron chi connectivity index (χ0n) is 11.0. The third kappa shape index (κ3) is 3.49. The number of anilines is 1. The Morgan fingerprint density at radius 3 is 1.91 bits per heavy atom. The van der Waals surface area contributed by atoms with Crippen LogP contribution in [-0.2, 0) is 18.9 Å². The first-order chi connectivity index (χ1) is 9.76. The molecule has 0 saturated heterocycles. The summed E-state index contributed by atoms with van der Waals surface area (Å²) in [5, 5.41) is 1.30. The summed E-state index contributed by atoms with van der Waals surface area (Å²) < 4.78 is 75.4. The molecule has 1 N–H and O–H groups in total. The summed E-state index contributed by atoms with van der Waals surface area (Å²) in [5.74, 6) is -7.50. The van der Waals surface area contributed by atoms with Gasteiger partial charge in [-0.2, -0.15) is 26.3 Å². The first kappa shape index (κ1) is 17.8. The predicted octanol–water partition coefficient (Wildman–Crippen LogP) is 0.763. The van der Waals surface area contributed by atoms with Crippen LogP contribution in [0.5, 0.6) is 0 Å². The highest BCUT2D eigenvalue weighted by molar-refractivity contribution is 5.92. The van der Waals surface area contributed by atoms with Gasteiger partial charge in [0.2, 0.25) is 11.8 Å². The minimum absolute atomic E-state index is 0.531. The van der Waals surface area contributed by atoms with Crippen LogP contribution in [0.15, 0.2) is 15.7 Å². The summed E-state index contributed by atoms with van der Waals surface area (Å²) in [7, 11) is 2.01. The van der Waals surface area contributed by atoms with Gasteiger partial charge in [0.15, 0.2) is 0 Å². The van der Waals surface area contributed by atoms with Crippen LogP contribution in [0.4, 0.5) is 32.2 Å². The molecule has 0 spiro atoms. The van der Waals surface area contributed by atoms with E-state index in [-0.39, 0.29) is 0 Å². The van der Waals surface area contributed by atoms with E-state index in [0.29, 0.717) is 15.2 Å². The second-order valence-corrected chi connectivity index (χ2v) is 4.27. The molecule has 0 aliphatic rings. The molecule has 22 heavy (non-hydrogen) atoms. The SMILES string of the molecule is Cn1c(NC(=O)C(C(F)(F)F)C(F)(F)F)cc(=O)n(C)c1=O. The molecule has 1 amide bonds. The van der Waals surface area contributed by atoms with Crippen molar-refractivity contribution in [3.05, 3.63) is 26.9 Å². The number of rotatable bonds is 2. The number of aromatic nitrogens is 2. The molecule has 0 aliphatic carbocycles. The average Bonchev–Trinajstić information content (AvgIpc) is 2.29. The Hall–Kier alpha value is -2.27. The second-order valence-electron chi connectivity index (χ2n) is 4.27. The van der Waals surface area contributed by atoms with Crippen molar-refractivity contribution in [2.75, 3.05) is 5.32 Å². The standard InChI is InChI=1S/C10H9F6N3O3/c1-18-4(3-5(20)19(2)8(18)22)17-7(21)6(9(11,12)13)10(14,15)16/h3,6H,1-2H3,(H,17,21). The number of nitrogens with zero attached hydrogens (tertiary/aromatic N) is 2. The molecule has 0 aliphatic heterocycles. The fourth-order valence-electron chi connectivity index (χ4n) is 1.53. The molecule has 124 valence electrons. The third-order valence-corrected chi connectivity index (χ3v) is 2.69. The van der Waals surface area contributed by atoms with E-state index in [1.54, 1.807) is 0 Å². The van der Waals surface area contributed by atoms with Crippen molar-refractivity contribution in [3.8, 4) is 0 Å². The van der Waals surface area contributed by atoms with Crippen LogP contribution in [0.25, 0.3) is 0 Å². The van der Waals surface area contributed by atoms with Crippen molar-refractivity contribution < 1.29 is 31.1 Å². The van der Waals surface area contributed by atoms with E-state index in [2.05, 4.69) is 0 Å². The maximum absolute atomic E-state index is 12.4. The van der Waals surface area contributed by atoms with E-state index in [1.807, 2.05) is 0 Å². The first-order valence-electron chi connectivity index (χ1n) is 5.48. The summed E-state index contributed by atoms with van der Waals surface area (Å²) in [5.41, 5.74) is -2.03. The van der Waals surface area contributed by atoms with Crippen LogP contribution >= 0.6 is 0 Å². The van der Waals surface area contributed by atoms with Crippen molar-refractivity contribution >= 4 is 11.7 Å². The van der Waals surface area contributed by atoms with Crippen LogP contribution in [0.3, 0.4) is 0 Å². The minimum Gasteiger partial charge on any atom is -0.311 e. The number of nitrogens with one attached hydrogen (secondary N) is 1. The van der Waals surface area contributed by atoms with Gasteiger partial charge < -0.3 is 5.32 Å². The molecule has 0 saturated carbocycles. The summed E-state index contributed by atoms with van der Waals surface area (Å²) in [6.45, 7) is 0. The quantitative estimate of drug-likeness (QED) is 0.813. The fraction of sp³-hybridized carbons (Fsp3) is 0.500. The maximum atomic E-state index is 12.4. The number of halogens is 6. The minimum atomic E-state index is -5.87. The Balaban J connectivity index is 3.28. The van der Waals surface area contributed by atoms with Gasteiger partial charge in [0.05, 0.1) is 0 Å². The van der Waals surface area contributed by atoms with Crippen LogP contribution in [-0.4, -0.2) is 27.4 Å². The van der Waals surface area contributed by atoms with Crippen molar-refractivity contribution in [1.29, 1.82) is 0 Å². The van der Waals surface area contributed by atoms with Gasteiger partial charge in [-0.25, -0.2) is 4.79 Å². The maximum Gasteiger partial charge on any atom is 0.409 e. The van der Waals surface area contributed by atoms with E-state index in [0.717, 1.165) is 14.1 Å². The zero-order chi connectivity index (χ0) is 17.5. The van der Waals surface area contributed by atoms with Gasteiger partial charge >= 0.3 is 18.0 Å². The van der Waals surface area contributed by atoms with Gasteiger partial charge in [-0.15, -0.1) is 0 Å². The van der Waals surface area contributed by atoms with Gasteiger partial charge in [0.1, 0.15) is 5.82 Å². The molecular weight excluding hydrogens is 324 g/mol. The monoisotopic (exact) mass is 333 g/mol. The number of hydrogen-bond acceptors (Lipinski definition) is 3. The lowest BCUT2D eigenvalue weighted by Gasteiger charge is -2.22. The molecule has 0 bridgehead atoms. The average molecular weight is 333 g/mol. The van der Waals surface area contributed by atoms with E-state index in [4.69, 9.17) is 0 Å². The van der Waals surface area contributed by atoms with Gasteiger partial charge in [-0.05, 0) is 0 Å². The number of hydrogen-bond donors (Lipinski definition) is 1. The largest absolute Gasteiger partial charge is 0.409 e. The predicted molar refractivity (Wildman–Crippen MR) is 61.2 cm³/mol. The van der Waals surface area contributed by atoms with Crippen LogP contribution in [0.1, 0.15) is 0 Å². The Labute approximate surface area is 118 Å². The van der Waals surface area contributed by atoms with Crippen molar-refractivity contribution in [2.24, 2.45) is 20.0 Å². The van der Waals surface area contributed by atoms with E-state index >= 15 is 0 Å². The van der Waals surface area contributed by atoms with E-state index in [9.17, 15) is 40.7 Å². The molecule has 0 atom stereocenters. The number of carbonyl (C=O) groups is 1. The molecule has 1 rings (SSSR count). The van der Waals surface area contributed by atoms with Gasteiger partial charge in [-0.3, -0.25) is 18.7 Å². The van der Waals surface area contributed by atoms with Crippen LogP contribution < -0.4 is 16.6 Å². The summed E-state index contributed by atoms with van der Waals surface area (Å²) in [6.07, 6.45) is -11.7. The molecule has 12 heteroatoms. The molecule has 0 aromatic carbocycles. The lowest BCUT2D eigenvalue weighted by Crippen LogP contribution is -2.46. The van der Waals surface area contributed by atoms with E-state index in [1.165, 1.54) is 5.32 Å². The Bertz CT molecular complexity index is 686. The van der Waals surface area contributed by atoms with Gasteiger partial charge in [0.25, 0.3) is 5.56 Å². The summed E-state index contributed by atoms with van der Waals surface area (Å²) in [6, 6.07) is 0.531. The molecule has 0 unspecified atom stereocenters. The molecule has 1 aromatic rings. The second kappa shape index (κ2) is 5.50. The molecule has 0 radical (unpaired) electrons. The van der Waals surface area contributed by atoms with Crippen molar-refractivity contribution in [1.82, 2.24) is 9.13 Å². The van der Waals surface area contributed by atoms with Crippen molar-refractivity contribution in [3.63, 3.8) is 0 Å². The highest BCUT2D eigenvalue weighted by Crippen LogP contribution is 2.39. The highest BCUT2D eigenvalue weighted by Gasteiger charge is 2.61. The van der Waals surface area contributed by atoms with E-state index < -0.39 is 41.2 Å². The Morgan fingerprint density at radius 1 is 1.05 bits per heavy atom. The lowest BCUT2D eigenvalue weighted by molar-refractivity contribution is -0.272. The fourth-order valence-corrected chi connectivity index (χ4v) is 1.53. The molecule has 1 aromatic heterocycles. The summed E-state index contributed by atoms with van der Waals surface area (Å²) in [4.78, 5) is 34.1. The number of alkyl halides is 6. The smallest absolute Gasteiger partial charge is 0.311 e. The third-order valence-electron chi connectivity index (χ3n) is 2.69. The molecule has 1 heterocycles. The normalized spacial score (nSPS) is 12.6. The van der Waals surface area contributed by atoms with Gasteiger partial charge in [-0.1, -0.05) is 0 Å².